The summed E-state index contributed by atoms with van der Waals surface area (Å²) in [4.78, 5) is 3.75. The van der Waals surface area contributed by atoms with Gasteiger partial charge in [-0.2, -0.15) is 0 Å². The van der Waals surface area contributed by atoms with Gasteiger partial charge in [-0.25, -0.2) is 13.4 Å². The Labute approximate surface area is 88.7 Å². The Bertz CT molecular complexity index is 363. The van der Waals surface area contributed by atoms with Crippen molar-refractivity contribution in [2.24, 2.45) is 4.99 Å². The molecule has 0 aromatic rings. The Hall–Kier alpha value is -0.390. The van der Waals surface area contributed by atoms with Crippen LogP contribution in [0.3, 0.4) is 0 Å². The van der Waals surface area contributed by atoms with E-state index in [2.05, 4.69) is 4.99 Å². The summed E-state index contributed by atoms with van der Waals surface area (Å²) >= 11 is 0. The molecule has 4 nitrogen and oxygen atoms in total. The average Bonchev–Trinajstić information content (AvgIpc) is 1.95. The van der Waals surface area contributed by atoms with Crippen LogP contribution in [0.25, 0.3) is 0 Å². The normalized spacial score (nSPS) is 15.9. The molecule has 0 aliphatic carbocycles. The Morgan fingerprint density at radius 1 is 1.50 bits per heavy atom. The molecule has 0 amide bonds. The number of hydrogen-bond acceptors (Lipinski definition) is 4. The molecule has 0 rings (SSSR count). The predicted molar refractivity (Wildman–Crippen MR) is 57.9 cm³/mol. The van der Waals surface area contributed by atoms with Crippen LogP contribution in [0.1, 0.15) is 27.7 Å². The van der Waals surface area contributed by atoms with E-state index in [-0.39, 0.29) is 10.7 Å². The lowest BCUT2D eigenvalue weighted by Gasteiger charge is -2.16. The van der Waals surface area contributed by atoms with Gasteiger partial charge in [0.1, 0.15) is 0 Å². The Morgan fingerprint density at radius 2 is 1.93 bits per heavy atom. The van der Waals surface area contributed by atoms with Crippen molar-refractivity contribution >= 4 is 25.4 Å². The Kier molecular flexibility index (Phi) is 4.30. The molecule has 0 saturated heterocycles. The highest BCUT2D eigenvalue weighted by molar-refractivity contribution is 8.16. The van der Waals surface area contributed by atoms with Crippen molar-refractivity contribution < 1.29 is 13.5 Å². The van der Waals surface area contributed by atoms with E-state index in [4.69, 9.17) is 10.7 Å². The van der Waals surface area contributed by atoms with Crippen molar-refractivity contribution in [3.05, 3.63) is 11.1 Å². The first kappa shape index (κ1) is 13.6. The molecule has 0 unspecified atom stereocenters. The van der Waals surface area contributed by atoms with E-state index >= 15 is 0 Å². The van der Waals surface area contributed by atoms with Crippen molar-refractivity contribution in [2.75, 3.05) is 0 Å². The minimum Gasteiger partial charge on any atom is -0.385 e. The van der Waals surface area contributed by atoms with Crippen molar-refractivity contribution in [1.82, 2.24) is 0 Å². The van der Waals surface area contributed by atoms with Crippen molar-refractivity contribution in [2.45, 2.75) is 33.3 Å². The van der Waals surface area contributed by atoms with E-state index in [1.807, 2.05) is 0 Å². The molecular weight excluding hydrogens is 226 g/mol. The summed E-state index contributed by atoms with van der Waals surface area (Å²) in [5, 5.41) is 9.25. The summed E-state index contributed by atoms with van der Waals surface area (Å²) in [5.74, 6) is 0. The van der Waals surface area contributed by atoms with Gasteiger partial charge < -0.3 is 5.11 Å². The third kappa shape index (κ3) is 4.21. The van der Waals surface area contributed by atoms with E-state index < -0.39 is 14.7 Å². The molecule has 0 aliphatic rings. The maximum absolute atomic E-state index is 10.9. The lowest BCUT2D eigenvalue weighted by molar-refractivity contribution is 0.153. The Balaban J connectivity index is 5.20. The van der Waals surface area contributed by atoms with Crippen molar-refractivity contribution in [3.8, 4) is 0 Å². The molecule has 6 heteroatoms. The van der Waals surface area contributed by atoms with E-state index in [0.29, 0.717) is 0 Å². The van der Waals surface area contributed by atoms with Crippen molar-refractivity contribution in [3.63, 3.8) is 0 Å². The van der Waals surface area contributed by atoms with Crippen LogP contribution in [0.2, 0.25) is 0 Å². The highest BCUT2D eigenvalue weighted by atomic mass is 35.7. The van der Waals surface area contributed by atoms with E-state index in [9.17, 15) is 13.5 Å². The molecular formula is C8H14ClNO3S. The smallest absolute Gasteiger partial charge is 0.278 e. The maximum Gasteiger partial charge on any atom is 0.278 e. The fourth-order valence-corrected chi connectivity index (χ4v) is 1.46. The first-order chi connectivity index (χ1) is 6.09. The zero-order valence-electron chi connectivity index (χ0n) is 8.57. The number of halogens is 1. The molecule has 0 aromatic carbocycles. The summed E-state index contributed by atoms with van der Waals surface area (Å²) in [6.07, 6.45) is 1.28. The number of allylic oxidation sites excluding steroid dienone is 1. The zero-order chi connectivity index (χ0) is 11.6. The van der Waals surface area contributed by atoms with Gasteiger partial charge >= 0.3 is 0 Å². The molecule has 14 heavy (non-hydrogen) atoms. The second-order valence-electron chi connectivity index (χ2n) is 3.32. The van der Waals surface area contributed by atoms with Crippen LogP contribution >= 0.6 is 10.7 Å². The molecule has 0 bridgehead atoms. The highest BCUT2D eigenvalue weighted by Crippen LogP contribution is 2.16. The van der Waals surface area contributed by atoms with Crippen LogP contribution in [0.5, 0.6) is 0 Å². The minimum atomic E-state index is -3.84. The number of rotatable bonds is 3. The maximum atomic E-state index is 10.9. The number of hydrogen-bond donors (Lipinski definition) is 1. The molecule has 0 aliphatic heterocycles. The second-order valence-corrected chi connectivity index (χ2v) is 5.83. The van der Waals surface area contributed by atoms with Crippen LogP contribution in [0.4, 0.5) is 0 Å². The summed E-state index contributed by atoms with van der Waals surface area (Å²) in [6.45, 7) is 6.07. The molecule has 1 N–H and O–H groups in total. The van der Waals surface area contributed by atoms with Crippen LogP contribution in [-0.4, -0.2) is 24.8 Å². The van der Waals surface area contributed by atoms with Crippen LogP contribution in [-0.2, 0) is 9.05 Å². The molecule has 0 atom stereocenters. The van der Waals surface area contributed by atoms with Crippen LogP contribution < -0.4 is 0 Å². The summed E-state index contributed by atoms with van der Waals surface area (Å²) in [7, 11) is 1.27. The van der Waals surface area contributed by atoms with E-state index in [0.717, 1.165) is 0 Å². The molecule has 0 spiro atoms. The molecule has 0 aromatic heterocycles. The van der Waals surface area contributed by atoms with E-state index in [1.54, 1.807) is 0 Å². The summed E-state index contributed by atoms with van der Waals surface area (Å²) < 4.78 is 21.9. The topological polar surface area (TPSA) is 66.7 Å². The van der Waals surface area contributed by atoms with Crippen LogP contribution in [0.15, 0.2) is 16.1 Å². The quantitative estimate of drug-likeness (QED) is 0.602. The molecule has 0 heterocycles. The first-order valence-electron chi connectivity index (χ1n) is 3.98. The largest absolute Gasteiger partial charge is 0.385 e. The second kappa shape index (κ2) is 4.42. The van der Waals surface area contributed by atoms with Gasteiger partial charge in [0.05, 0.1) is 5.60 Å². The number of aliphatic imine (C=N–C) groups is 1. The molecule has 0 fully saturated rings. The third-order valence-electron chi connectivity index (χ3n) is 1.66. The SMILES string of the molecule is C/C=C(\N=C(C)C(C)(C)O)S(=O)(=O)Cl. The fourth-order valence-electron chi connectivity index (χ4n) is 0.562. The highest BCUT2D eigenvalue weighted by Gasteiger charge is 2.20. The minimum absolute atomic E-state index is 0.251. The van der Waals surface area contributed by atoms with Gasteiger partial charge in [-0.1, -0.05) is 0 Å². The fraction of sp³-hybridized carbons (Fsp3) is 0.625. The van der Waals surface area contributed by atoms with Gasteiger partial charge in [0.25, 0.3) is 9.05 Å². The van der Waals surface area contributed by atoms with Gasteiger partial charge in [-0.05, 0) is 33.8 Å². The van der Waals surface area contributed by atoms with Gasteiger partial charge in [-0.15, -0.1) is 0 Å². The zero-order valence-corrected chi connectivity index (χ0v) is 10.1. The molecule has 0 radical (unpaired) electrons. The van der Waals surface area contributed by atoms with Gasteiger partial charge in [0.15, 0.2) is 5.03 Å². The summed E-state index contributed by atoms with van der Waals surface area (Å²) in [6, 6.07) is 0. The summed E-state index contributed by atoms with van der Waals surface area (Å²) in [5.41, 5.74) is -0.870. The number of aliphatic hydroxyl groups is 1. The molecule has 0 saturated carbocycles. The standard InChI is InChI=1S/C8H14ClNO3S/c1-5-7(14(9,12)13)10-6(2)8(3,4)11/h5,11H,1-4H3/b7-5+,10-6?. The lowest BCUT2D eigenvalue weighted by atomic mass is 10.1. The first-order valence-corrected chi connectivity index (χ1v) is 6.29. The van der Waals surface area contributed by atoms with Gasteiger partial charge in [0, 0.05) is 16.4 Å². The van der Waals surface area contributed by atoms with E-state index in [1.165, 1.54) is 33.8 Å². The third-order valence-corrected chi connectivity index (χ3v) is 2.96. The number of nitrogens with zero attached hydrogens (tertiary/aromatic N) is 1. The predicted octanol–water partition coefficient (Wildman–Crippen LogP) is 1.65. The van der Waals surface area contributed by atoms with Gasteiger partial charge in [-0.3, -0.25) is 0 Å². The molecule has 82 valence electrons. The van der Waals surface area contributed by atoms with Crippen molar-refractivity contribution in [1.29, 1.82) is 0 Å². The van der Waals surface area contributed by atoms with Gasteiger partial charge in [0.2, 0.25) is 0 Å². The Morgan fingerprint density at radius 3 is 2.14 bits per heavy atom. The van der Waals surface area contributed by atoms with Crippen LogP contribution in [0, 0.1) is 0 Å². The average molecular weight is 240 g/mol. The monoisotopic (exact) mass is 239 g/mol. The lowest BCUT2D eigenvalue weighted by Crippen LogP contribution is -2.29.